The number of carbonyl (C=O) groups is 2. The van der Waals surface area contributed by atoms with Crippen molar-refractivity contribution in [3.63, 3.8) is 0 Å². The lowest BCUT2D eigenvalue weighted by atomic mass is 10.2. The molecule has 1 atom stereocenters. The Labute approximate surface area is 194 Å². The number of thioether (sulfide) groups is 2. The fourth-order valence-electron chi connectivity index (χ4n) is 3.37. The molecule has 7 nitrogen and oxygen atoms in total. The lowest BCUT2D eigenvalue weighted by molar-refractivity contribution is -0.114. The van der Waals surface area contributed by atoms with Gasteiger partial charge in [-0.1, -0.05) is 36.9 Å². The van der Waals surface area contributed by atoms with E-state index in [0.29, 0.717) is 26.7 Å². The van der Waals surface area contributed by atoms with Crippen molar-refractivity contribution in [2.75, 3.05) is 16.4 Å². The molecule has 0 saturated carbocycles. The highest BCUT2D eigenvalue weighted by molar-refractivity contribution is 8.00. The van der Waals surface area contributed by atoms with E-state index in [0.717, 1.165) is 17.8 Å². The molecule has 0 bridgehead atoms. The van der Waals surface area contributed by atoms with Gasteiger partial charge in [-0.15, -0.1) is 11.8 Å². The standard InChI is InChI=1S/C23H22N4O3S2/c1-14-12-19-21(32-14)22(30)27(18-6-4-3-5-7-18)23(26-19)31-13-20(29)25-17-10-8-16(9-11-17)24-15(2)28/h3-11,14H,12-13H2,1-2H3,(H,24,28)(H,25,29). The van der Waals surface area contributed by atoms with Crippen LogP contribution in [0.5, 0.6) is 0 Å². The third-order valence-corrected chi connectivity index (χ3v) is 6.87. The Morgan fingerprint density at radius 2 is 1.75 bits per heavy atom. The van der Waals surface area contributed by atoms with Crippen LogP contribution in [0.15, 0.2) is 69.4 Å². The Hall–Kier alpha value is -3.04. The third-order valence-electron chi connectivity index (χ3n) is 4.72. The van der Waals surface area contributed by atoms with Gasteiger partial charge in [0.25, 0.3) is 5.56 Å². The summed E-state index contributed by atoms with van der Waals surface area (Å²) >= 11 is 2.79. The molecule has 1 unspecified atom stereocenters. The topological polar surface area (TPSA) is 93.1 Å². The number of nitrogens with zero attached hydrogens (tertiary/aromatic N) is 2. The van der Waals surface area contributed by atoms with E-state index in [1.807, 2.05) is 30.3 Å². The monoisotopic (exact) mass is 466 g/mol. The van der Waals surface area contributed by atoms with Gasteiger partial charge < -0.3 is 10.6 Å². The first-order valence-electron chi connectivity index (χ1n) is 10.1. The zero-order valence-electron chi connectivity index (χ0n) is 17.6. The highest BCUT2D eigenvalue weighted by atomic mass is 32.2. The fraction of sp³-hybridized carbons (Fsp3) is 0.217. The number of amides is 2. The van der Waals surface area contributed by atoms with Crippen LogP contribution in [-0.2, 0) is 16.0 Å². The minimum atomic E-state index is -0.209. The summed E-state index contributed by atoms with van der Waals surface area (Å²) in [5.41, 5.74) is 2.72. The minimum absolute atomic E-state index is 0.0907. The van der Waals surface area contributed by atoms with Crippen molar-refractivity contribution >= 4 is 46.7 Å². The number of nitrogens with one attached hydrogen (secondary N) is 2. The van der Waals surface area contributed by atoms with Crippen LogP contribution in [0.4, 0.5) is 11.4 Å². The van der Waals surface area contributed by atoms with Crippen LogP contribution < -0.4 is 16.2 Å². The van der Waals surface area contributed by atoms with E-state index in [-0.39, 0.29) is 23.1 Å². The van der Waals surface area contributed by atoms with Gasteiger partial charge >= 0.3 is 0 Å². The van der Waals surface area contributed by atoms with Gasteiger partial charge in [-0.3, -0.25) is 19.0 Å². The fourth-order valence-corrected chi connectivity index (χ4v) is 5.29. The van der Waals surface area contributed by atoms with Crippen molar-refractivity contribution in [3.05, 3.63) is 70.6 Å². The van der Waals surface area contributed by atoms with Crippen LogP contribution in [-0.4, -0.2) is 32.4 Å². The molecule has 32 heavy (non-hydrogen) atoms. The molecular weight excluding hydrogens is 444 g/mol. The molecule has 2 N–H and O–H groups in total. The average Bonchev–Trinajstić information content (AvgIpc) is 3.14. The SMILES string of the molecule is CC(=O)Nc1ccc(NC(=O)CSc2nc3c(c(=O)n2-c2ccccc2)SC(C)C3)cc1. The van der Waals surface area contributed by atoms with E-state index < -0.39 is 0 Å². The first kappa shape index (κ1) is 22.2. The van der Waals surface area contributed by atoms with Crippen molar-refractivity contribution in [1.82, 2.24) is 9.55 Å². The zero-order chi connectivity index (χ0) is 22.7. The number of aromatic nitrogens is 2. The Morgan fingerprint density at radius 3 is 2.41 bits per heavy atom. The van der Waals surface area contributed by atoms with Crippen LogP contribution in [0.3, 0.4) is 0 Å². The molecule has 2 amide bonds. The summed E-state index contributed by atoms with van der Waals surface area (Å²) < 4.78 is 1.59. The van der Waals surface area contributed by atoms with Crippen LogP contribution in [0.2, 0.25) is 0 Å². The van der Waals surface area contributed by atoms with Crippen molar-refractivity contribution < 1.29 is 9.59 Å². The zero-order valence-corrected chi connectivity index (χ0v) is 19.3. The molecule has 3 aromatic rings. The molecule has 164 valence electrons. The molecule has 2 heterocycles. The normalized spacial score (nSPS) is 14.6. The number of hydrogen-bond acceptors (Lipinski definition) is 6. The molecule has 4 rings (SSSR count). The van der Waals surface area contributed by atoms with E-state index in [1.165, 1.54) is 18.7 Å². The van der Waals surface area contributed by atoms with E-state index in [4.69, 9.17) is 4.98 Å². The van der Waals surface area contributed by atoms with Gasteiger partial charge in [-0.2, -0.15) is 0 Å². The van der Waals surface area contributed by atoms with Crippen molar-refractivity contribution in [2.45, 2.75) is 35.6 Å². The second-order valence-corrected chi connectivity index (χ2v) is 9.77. The lowest BCUT2D eigenvalue weighted by Crippen LogP contribution is -2.24. The number of fused-ring (bicyclic) bond motifs is 1. The van der Waals surface area contributed by atoms with Crippen LogP contribution in [0.1, 0.15) is 19.5 Å². The molecule has 9 heteroatoms. The predicted molar refractivity (Wildman–Crippen MR) is 129 cm³/mol. The average molecular weight is 467 g/mol. The van der Waals surface area contributed by atoms with E-state index in [2.05, 4.69) is 17.6 Å². The molecular formula is C23H22N4O3S2. The van der Waals surface area contributed by atoms with Crippen molar-refractivity contribution in [2.24, 2.45) is 0 Å². The second-order valence-electron chi connectivity index (χ2n) is 7.37. The summed E-state index contributed by atoms with van der Waals surface area (Å²) in [6.07, 6.45) is 0.741. The van der Waals surface area contributed by atoms with Crippen molar-refractivity contribution in [3.8, 4) is 5.69 Å². The highest BCUT2D eigenvalue weighted by Gasteiger charge is 2.27. The van der Waals surface area contributed by atoms with E-state index >= 15 is 0 Å². The van der Waals surface area contributed by atoms with Gasteiger partial charge in [-0.25, -0.2) is 4.98 Å². The largest absolute Gasteiger partial charge is 0.326 e. The smallest absolute Gasteiger partial charge is 0.272 e. The lowest BCUT2D eigenvalue weighted by Gasteiger charge is -2.13. The van der Waals surface area contributed by atoms with Crippen LogP contribution in [0.25, 0.3) is 5.69 Å². The number of rotatable bonds is 6. The second kappa shape index (κ2) is 9.62. The molecule has 1 aliphatic rings. The Balaban J connectivity index is 1.52. The maximum atomic E-state index is 13.2. The predicted octanol–water partition coefficient (Wildman–Crippen LogP) is 3.96. The molecule has 0 spiro atoms. The molecule has 0 fully saturated rings. The Kier molecular flexibility index (Phi) is 6.66. The number of carbonyl (C=O) groups excluding carboxylic acids is 2. The summed E-state index contributed by atoms with van der Waals surface area (Å²) in [7, 11) is 0. The molecule has 1 aliphatic heterocycles. The van der Waals surface area contributed by atoms with Gasteiger partial charge in [0, 0.05) is 30.0 Å². The Morgan fingerprint density at radius 1 is 1.09 bits per heavy atom. The van der Waals surface area contributed by atoms with Gasteiger partial charge in [0.05, 0.1) is 22.0 Å². The quantitative estimate of drug-likeness (QED) is 0.422. The van der Waals surface area contributed by atoms with Crippen LogP contribution in [0, 0.1) is 0 Å². The third kappa shape index (κ3) is 5.05. The molecule has 0 radical (unpaired) electrons. The summed E-state index contributed by atoms with van der Waals surface area (Å²) in [6.45, 7) is 3.52. The van der Waals surface area contributed by atoms with E-state index in [9.17, 15) is 14.4 Å². The van der Waals surface area contributed by atoms with Crippen LogP contribution >= 0.6 is 23.5 Å². The summed E-state index contributed by atoms with van der Waals surface area (Å²) in [6, 6.07) is 16.2. The summed E-state index contributed by atoms with van der Waals surface area (Å²) in [5, 5.41) is 6.33. The molecule has 0 aliphatic carbocycles. The molecule has 0 saturated heterocycles. The number of benzene rings is 2. The maximum absolute atomic E-state index is 13.2. The molecule has 1 aromatic heterocycles. The summed E-state index contributed by atoms with van der Waals surface area (Å²) in [5.74, 6) is -0.259. The first-order valence-corrected chi connectivity index (χ1v) is 12.0. The summed E-state index contributed by atoms with van der Waals surface area (Å²) in [4.78, 5) is 42.3. The van der Waals surface area contributed by atoms with Gasteiger partial charge in [-0.05, 0) is 36.4 Å². The van der Waals surface area contributed by atoms with Gasteiger partial charge in [0.15, 0.2) is 5.16 Å². The number of hydrogen-bond donors (Lipinski definition) is 2. The number of anilines is 2. The van der Waals surface area contributed by atoms with Gasteiger partial charge in [0.2, 0.25) is 11.8 Å². The molecule has 2 aromatic carbocycles. The van der Waals surface area contributed by atoms with Crippen molar-refractivity contribution in [1.29, 1.82) is 0 Å². The van der Waals surface area contributed by atoms with Gasteiger partial charge in [0.1, 0.15) is 0 Å². The minimum Gasteiger partial charge on any atom is -0.326 e. The number of para-hydroxylation sites is 1. The first-order chi connectivity index (χ1) is 15.4. The highest BCUT2D eigenvalue weighted by Crippen LogP contribution is 2.34. The maximum Gasteiger partial charge on any atom is 0.272 e. The Bertz CT molecular complexity index is 1210. The van der Waals surface area contributed by atoms with E-state index in [1.54, 1.807) is 40.6 Å².